The highest BCUT2D eigenvalue weighted by Crippen LogP contribution is 2.29. The topological polar surface area (TPSA) is 79.0 Å². The summed E-state index contributed by atoms with van der Waals surface area (Å²) in [7, 11) is -0.192. The zero-order valence-electron chi connectivity index (χ0n) is 20.7. The predicted molar refractivity (Wildman–Crippen MR) is 143 cm³/mol. The second kappa shape index (κ2) is 11.6. The lowest BCUT2D eigenvalue weighted by Crippen LogP contribution is -2.37. The van der Waals surface area contributed by atoms with E-state index in [1.54, 1.807) is 24.3 Å². The number of nitrogens with zero attached hydrogens (tertiary/aromatic N) is 2. The number of carbonyl (C=O) groups excluding carboxylic acids is 1. The van der Waals surface area contributed by atoms with E-state index in [2.05, 4.69) is 5.32 Å². The van der Waals surface area contributed by atoms with Gasteiger partial charge in [-0.15, -0.1) is 0 Å². The Morgan fingerprint density at radius 3 is 2.57 bits per heavy atom. The summed E-state index contributed by atoms with van der Waals surface area (Å²) in [5, 5.41) is 3.11. The third-order valence-electron chi connectivity index (χ3n) is 6.12. The normalized spacial score (nSPS) is 15.6. The molecule has 0 radical (unpaired) electrons. The fourth-order valence-corrected chi connectivity index (χ4v) is 6.04. The maximum absolute atomic E-state index is 13.7. The molecule has 0 aliphatic carbocycles. The van der Waals surface area contributed by atoms with Gasteiger partial charge >= 0.3 is 0 Å². The van der Waals surface area contributed by atoms with E-state index in [-0.39, 0.29) is 29.7 Å². The summed E-state index contributed by atoms with van der Waals surface area (Å²) in [4.78, 5) is 14.7. The third kappa shape index (κ3) is 6.67. The third-order valence-corrected chi connectivity index (χ3v) is 8.16. The van der Waals surface area contributed by atoms with Crippen LogP contribution in [0.2, 0.25) is 5.02 Å². The van der Waals surface area contributed by atoms with Gasteiger partial charge in [0.15, 0.2) is 0 Å². The molecule has 196 valence electrons. The monoisotopic (exact) mass is 545 g/mol. The van der Waals surface area contributed by atoms with Gasteiger partial charge in [-0.3, -0.25) is 4.79 Å². The van der Waals surface area contributed by atoms with Crippen molar-refractivity contribution in [3.05, 3.63) is 88.7 Å². The summed E-state index contributed by atoms with van der Waals surface area (Å²) in [5.41, 5.74) is 2.13. The molecule has 1 aliphatic heterocycles. The minimum absolute atomic E-state index is 0.0475. The Morgan fingerprint density at radius 1 is 1.11 bits per heavy atom. The molecule has 1 saturated heterocycles. The molecule has 1 N–H and O–H groups in total. The quantitative estimate of drug-likeness (QED) is 0.401. The number of benzene rings is 3. The van der Waals surface area contributed by atoms with Crippen molar-refractivity contribution in [2.45, 2.75) is 30.4 Å². The first-order valence-corrected chi connectivity index (χ1v) is 13.7. The predicted octanol–water partition coefficient (Wildman–Crippen LogP) is 5.17. The van der Waals surface area contributed by atoms with Gasteiger partial charge in [-0.25, -0.2) is 12.8 Å². The van der Waals surface area contributed by atoms with Crippen LogP contribution in [-0.4, -0.2) is 52.0 Å². The first kappa shape index (κ1) is 27.1. The van der Waals surface area contributed by atoms with Gasteiger partial charge < -0.3 is 15.0 Å². The van der Waals surface area contributed by atoms with E-state index in [1.165, 1.54) is 34.6 Å². The summed E-state index contributed by atoms with van der Waals surface area (Å²) >= 11 is 6.10. The van der Waals surface area contributed by atoms with Crippen molar-refractivity contribution < 1.29 is 22.3 Å². The van der Waals surface area contributed by atoms with Crippen LogP contribution in [-0.2, 0) is 21.3 Å². The standard InChI is InChI=1S/C27H29ClFN3O4S/c1-31(2)26-12-11-23(30-27(33)19-6-3-8-22(29)14-19)15-20(26)17-32(18-24-9-5-13-36-24)37(34,35)25-10-4-7-21(28)16-25/h3-4,6-8,10-12,14-16,24H,5,9,13,17-18H2,1-2H3,(H,30,33). The van der Waals surface area contributed by atoms with Gasteiger partial charge in [-0.1, -0.05) is 23.7 Å². The summed E-state index contributed by atoms with van der Waals surface area (Å²) in [6.07, 6.45) is 1.43. The fraction of sp³-hybridized carbons (Fsp3) is 0.296. The number of hydrogen-bond donors (Lipinski definition) is 1. The molecule has 10 heteroatoms. The van der Waals surface area contributed by atoms with Crippen LogP contribution in [0.5, 0.6) is 0 Å². The van der Waals surface area contributed by atoms with Crippen LogP contribution in [0.1, 0.15) is 28.8 Å². The van der Waals surface area contributed by atoms with Crippen molar-refractivity contribution >= 4 is 38.9 Å². The molecule has 3 aromatic carbocycles. The van der Waals surface area contributed by atoms with Gasteiger partial charge in [0.25, 0.3) is 5.91 Å². The molecule has 0 bridgehead atoms. The molecule has 0 spiro atoms. The lowest BCUT2D eigenvalue weighted by molar-refractivity contribution is 0.0926. The number of nitrogens with one attached hydrogen (secondary N) is 1. The van der Waals surface area contributed by atoms with E-state index in [9.17, 15) is 17.6 Å². The number of hydrogen-bond acceptors (Lipinski definition) is 5. The van der Waals surface area contributed by atoms with Crippen LogP contribution in [0, 0.1) is 5.82 Å². The Morgan fingerprint density at radius 2 is 1.89 bits per heavy atom. The van der Waals surface area contributed by atoms with Crippen molar-refractivity contribution in [2.75, 3.05) is 37.5 Å². The lowest BCUT2D eigenvalue weighted by Gasteiger charge is -2.27. The highest BCUT2D eigenvalue weighted by Gasteiger charge is 2.30. The maximum Gasteiger partial charge on any atom is 0.255 e. The number of halogens is 2. The summed E-state index contributed by atoms with van der Waals surface area (Å²) < 4.78 is 48.2. The van der Waals surface area contributed by atoms with Gasteiger partial charge in [0, 0.05) is 55.8 Å². The fourth-order valence-electron chi connectivity index (χ4n) is 4.29. The maximum atomic E-state index is 13.7. The van der Waals surface area contributed by atoms with Crippen LogP contribution in [0.25, 0.3) is 0 Å². The minimum atomic E-state index is -3.91. The lowest BCUT2D eigenvalue weighted by atomic mass is 10.1. The van der Waals surface area contributed by atoms with Gasteiger partial charge in [0.1, 0.15) is 5.82 Å². The first-order chi connectivity index (χ1) is 17.6. The summed E-state index contributed by atoms with van der Waals surface area (Å²) in [6, 6.07) is 16.9. The SMILES string of the molecule is CN(C)c1ccc(NC(=O)c2cccc(F)c2)cc1CN(CC1CCCO1)S(=O)(=O)c1cccc(Cl)c1. The Labute approximate surface area is 221 Å². The largest absolute Gasteiger partial charge is 0.377 e. The van der Waals surface area contributed by atoms with Crippen molar-refractivity contribution in [2.24, 2.45) is 0 Å². The van der Waals surface area contributed by atoms with Crippen LogP contribution in [0.3, 0.4) is 0 Å². The Kier molecular flexibility index (Phi) is 8.49. The van der Waals surface area contributed by atoms with E-state index in [0.29, 0.717) is 22.9 Å². The average Bonchev–Trinajstić information content (AvgIpc) is 3.37. The second-order valence-corrected chi connectivity index (χ2v) is 11.5. The first-order valence-electron chi connectivity index (χ1n) is 11.9. The van der Waals surface area contributed by atoms with Gasteiger partial charge in [-0.05, 0) is 73.0 Å². The Balaban J connectivity index is 1.67. The van der Waals surface area contributed by atoms with Crippen molar-refractivity contribution in [1.82, 2.24) is 4.31 Å². The molecule has 37 heavy (non-hydrogen) atoms. The zero-order chi connectivity index (χ0) is 26.6. The van der Waals surface area contributed by atoms with Gasteiger partial charge in [0.05, 0.1) is 11.0 Å². The number of rotatable bonds is 9. The van der Waals surface area contributed by atoms with E-state index >= 15 is 0 Å². The molecule has 1 atom stereocenters. The number of carbonyl (C=O) groups is 1. The van der Waals surface area contributed by atoms with Crippen LogP contribution >= 0.6 is 11.6 Å². The summed E-state index contributed by atoms with van der Waals surface area (Å²) in [6.45, 7) is 0.827. The number of ether oxygens (including phenoxy) is 1. The van der Waals surface area contributed by atoms with Crippen molar-refractivity contribution in [3.63, 3.8) is 0 Å². The molecular weight excluding hydrogens is 517 g/mol. The summed E-state index contributed by atoms with van der Waals surface area (Å²) in [5.74, 6) is -0.974. The van der Waals surface area contributed by atoms with E-state index in [4.69, 9.17) is 16.3 Å². The van der Waals surface area contributed by atoms with Gasteiger partial charge in [0.2, 0.25) is 10.0 Å². The molecule has 1 fully saturated rings. The molecule has 0 aromatic heterocycles. The molecule has 1 heterocycles. The van der Waals surface area contributed by atoms with Crippen LogP contribution in [0.15, 0.2) is 71.6 Å². The number of sulfonamides is 1. The van der Waals surface area contributed by atoms with Crippen molar-refractivity contribution in [3.8, 4) is 0 Å². The van der Waals surface area contributed by atoms with E-state index < -0.39 is 21.7 Å². The molecule has 7 nitrogen and oxygen atoms in total. The van der Waals surface area contributed by atoms with Crippen LogP contribution < -0.4 is 10.2 Å². The molecule has 4 rings (SSSR count). The second-order valence-electron chi connectivity index (χ2n) is 9.09. The highest BCUT2D eigenvalue weighted by molar-refractivity contribution is 7.89. The molecule has 1 aliphatic rings. The van der Waals surface area contributed by atoms with E-state index in [1.807, 2.05) is 25.1 Å². The Bertz CT molecular complexity index is 1380. The smallest absolute Gasteiger partial charge is 0.255 e. The zero-order valence-corrected chi connectivity index (χ0v) is 22.2. The molecule has 3 aromatic rings. The minimum Gasteiger partial charge on any atom is -0.377 e. The van der Waals surface area contributed by atoms with Gasteiger partial charge in [-0.2, -0.15) is 4.31 Å². The van der Waals surface area contributed by atoms with Crippen LogP contribution in [0.4, 0.5) is 15.8 Å². The van der Waals surface area contributed by atoms with E-state index in [0.717, 1.165) is 24.6 Å². The average molecular weight is 546 g/mol. The molecule has 1 unspecified atom stereocenters. The number of amides is 1. The molecular formula is C27H29ClFN3O4S. The number of anilines is 2. The Hall–Kier alpha value is -2.98. The highest BCUT2D eigenvalue weighted by atomic mass is 35.5. The molecule has 0 saturated carbocycles. The van der Waals surface area contributed by atoms with Crippen molar-refractivity contribution in [1.29, 1.82) is 0 Å². The molecule has 1 amide bonds.